The summed E-state index contributed by atoms with van der Waals surface area (Å²) in [7, 11) is 0. The van der Waals surface area contributed by atoms with Crippen LogP contribution in [0.1, 0.15) is 5.56 Å². The second-order valence-electron chi connectivity index (χ2n) is 4.19. The van der Waals surface area contributed by atoms with Crippen LogP contribution in [0.25, 0.3) is 0 Å². The Morgan fingerprint density at radius 2 is 1.89 bits per heavy atom. The molecule has 3 rings (SSSR count). The van der Waals surface area contributed by atoms with Crippen LogP contribution < -0.4 is 5.73 Å². The molecule has 6 heteroatoms. The van der Waals surface area contributed by atoms with Crippen molar-refractivity contribution in [2.45, 2.75) is 12.1 Å². The normalized spacial score (nSPS) is 24.7. The zero-order valence-corrected chi connectivity index (χ0v) is 9.48. The molecule has 3 N–H and O–H groups in total. The van der Waals surface area contributed by atoms with E-state index < -0.39 is 5.66 Å². The average molecular weight is 241 g/mol. The van der Waals surface area contributed by atoms with Gasteiger partial charge in [-0.3, -0.25) is 0 Å². The molecule has 2 aliphatic heterocycles. The lowest BCUT2D eigenvalue weighted by Gasteiger charge is -2.26. The second kappa shape index (κ2) is 3.85. The highest BCUT2D eigenvalue weighted by Crippen LogP contribution is 2.21. The van der Waals surface area contributed by atoms with Gasteiger partial charge in [0, 0.05) is 6.42 Å². The molecule has 2 aliphatic rings. The molecule has 0 amide bonds. The van der Waals surface area contributed by atoms with Gasteiger partial charge in [-0.05, 0) is 17.7 Å². The Bertz CT molecular complexity index is 599. The van der Waals surface area contributed by atoms with Gasteiger partial charge in [0.1, 0.15) is 24.1 Å². The molecule has 1 atom stereocenters. The Hall–Kier alpha value is -2.34. The first-order valence-electron chi connectivity index (χ1n) is 5.47. The number of hydrogen-bond acceptors (Lipinski definition) is 6. The monoisotopic (exact) mass is 241 g/mol. The Morgan fingerprint density at radius 3 is 2.67 bits per heavy atom. The maximum Gasteiger partial charge on any atom is 0.180 e. The molecule has 0 fully saturated rings. The predicted molar refractivity (Wildman–Crippen MR) is 70.6 cm³/mol. The molecule has 0 radical (unpaired) electrons. The molecule has 1 unspecified atom stereocenters. The minimum Gasteiger partial charge on any atom is -0.508 e. The number of phenolic OH excluding ortho intramolecular Hbond substituents is 1. The van der Waals surface area contributed by atoms with E-state index in [0.717, 1.165) is 5.56 Å². The molecule has 6 nitrogen and oxygen atoms in total. The smallest absolute Gasteiger partial charge is 0.180 e. The lowest BCUT2D eigenvalue weighted by molar-refractivity contribution is 0.474. The fourth-order valence-electron chi connectivity index (χ4n) is 1.96. The van der Waals surface area contributed by atoms with E-state index in [2.05, 4.69) is 20.0 Å². The summed E-state index contributed by atoms with van der Waals surface area (Å²) in [6.07, 6.45) is 3.32. The summed E-state index contributed by atoms with van der Waals surface area (Å²) in [4.78, 5) is 16.4. The topological polar surface area (TPSA) is 95.7 Å². The van der Waals surface area contributed by atoms with Gasteiger partial charge in [-0.2, -0.15) is 0 Å². The molecule has 0 saturated carbocycles. The molecule has 0 spiro atoms. The average Bonchev–Trinajstić information content (AvgIpc) is 2.82. The summed E-state index contributed by atoms with van der Waals surface area (Å²) in [5.41, 5.74) is 6.87. The van der Waals surface area contributed by atoms with Gasteiger partial charge in [0.2, 0.25) is 0 Å². The lowest BCUT2D eigenvalue weighted by atomic mass is 9.94. The van der Waals surface area contributed by atoms with Crippen LogP contribution in [0.3, 0.4) is 0 Å². The first kappa shape index (κ1) is 10.8. The van der Waals surface area contributed by atoms with Gasteiger partial charge in [-0.1, -0.05) is 12.1 Å². The number of amidine groups is 1. The van der Waals surface area contributed by atoms with Gasteiger partial charge in [0.25, 0.3) is 0 Å². The SMILES string of the molecule is NC1(Cc2ccc(O)cc2)N=CN=C2N=CN=C21. The van der Waals surface area contributed by atoms with Crippen molar-refractivity contribution in [3.05, 3.63) is 29.8 Å². The van der Waals surface area contributed by atoms with Crippen LogP contribution in [0.4, 0.5) is 0 Å². The number of phenols is 1. The lowest BCUT2D eigenvalue weighted by Crippen LogP contribution is -2.52. The van der Waals surface area contributed by atoms with Crippen LogP contribution in [0.15, 0.2) is 44.2 Å². The molecule has 0 aliphatic carbocycles. The molecule has 0 aromatic heterocycles. The van der Waals surface area contributed by atoms with Crippen LogP contribution in [0.2, 0.25) is 0 Å². The second-order valence-corrected chi connectivity index (χ2v) is 4.19. The van der Waals surface area contributed by atoms with Gasteiger partial charge in [0.15, 0.2) is 11.5 Å². The summed E-state index contributed by atoms with van der Waals surface area (Å²) >= 11 is 0. The summed E-state index contributed by atoms with van der Waals surface area (Å²) in [5, 5.41) is 9.25. The number of benzene rings is 1. The fraction of sp³-hybridized carbons (Fsp3) is 0.167. The molecular weight excluding hydrogens is 230 g/mol. The van der Waals surface area contributed by atoms with Gasteiger partial charge < -0.3 is 10.8 Å². The van der Waals surface area contributed by atoms with E-state index in [4.69, 9.17) is 5.73 Å². The Labute approximate surface area is 103 Å². The van der Waals surface area contributed by atoms with Crippen LogP contribution in [0, 0.1) is 0 Å². The highest BCUT2D eigenvalue weighted by Gasteiger charge is 2.37. The number of nitrogens with zero attached hydrogens (tertiary/aromatic N) is 4. The van der Waals surface area contributed by atoms with Crippen molar-refractivity contribution in [2.24, 2.45) is 25.7 Å². The molecule has 1 aromatic rings. The van der Waals surface area contributed by atoms with E-state index >= 15 is 0 Å². The van der Waals surface area contributed by atoms with E-state index in [0.29, 0.717) is 18.0 Å². The summed E-state index contributed by atoms with van der Waals surface area (Å²) in [5.74, 6) is 0.743. The fourth-order valence-corrected chi connectivity index (χ4v) is 1.96. The molecule has 90 valence electrons. The number of aliphatic imine (C=N–C) groups is 4. The first-order chi connectivity index (χ1) is 8.67. The molecule has 0 bridgehead atoms. The molecule has 1 aromatic carbocycles. The molecular formula is C12H11N5O. The minimum absolute atomic E-state index is 0.223. The highest BCUT2D eigenvalue weighted by molar-refractivity contribution is 6.50. The summed E-state index contributed by atoms with van der Waals surface area (Å²) < 4.78 is 0. The minimum atomic E-state index is -0.940. The van der Waals surface area contributed by atoms with E-state index in [1.807, 2.05) is 0 Å². The van der Waals surface area contributed by atoms with Crippen molar-refractivity contribution in [3.63, 3.8) is 0 Å². The van der Waals surface area contributed by atoms with Gasteiger partial charge in [-0.25, -0.2) is 20.0 Å². The summed E-state index contributed by atoms with van der Waals surface area (Å²) in [6, 6.07) is 6.85. The van der Waals surface area contributed by atoms with Crippen molar-refractivity contribution in [1.82, 2.24) is 0 Å². The first-order valence-corrected chi connectivity index (χ1v) is 5.47. The third kappa shape index (κ3) is 1.72. The van der Waals surface area contributed by atoms with E-state index in [-0.39, 0.29) is 5.75 Å². The third-order valence-corrected chi connectivity index (χ3v) is 2.87. The number of aromatic hydroxyl groups is 1. The van der Waals surface area contributed by atoms with E-state index in [9.17, 15) is 5.11 Å². The Balaban J connectivity index is 1.90. The number of nitrogens with two attached hydrogens (primary N) is 1. The van der Waals surface area contributed by atoms with Gasteiger partial charge in [-0.15, -0.1) is 0 Å². The maximum atomic E-state index is 9.25. The zero-order chi connectivity index (χ0) is 12.6. The van der Waals surface area contributed by atoms with Crippen LogP contribution in [0.5, 0.6) is 5.75 Å². The van der Waals surface area contributed by atoms with E-state index in [1.165, 1.54) is 12.7 Å². The highest BCUT2D eigenvalue weighted by atomic mass is 16.3. The number of fused-ring (bicyclic) bond motifs is 1. The number of hydrogen-bond donors (Lipinski definition) is 2. The van der Waals surface area contributed by atoms with Crippen LogP contribution >= 0.6 is 0 Å². The van der Waals surface area contributed by atoms with Crippen molar-refractivity contribution >= 4 is 24.2 Å². The van der Waals surface area contributed by atoms with Crippen LogP contribution in [-0.2, 0) is 6.42 Å². The third-order valence-electron chi connectivity index (χ3n) is 2.87. The van der Waals surface area contributed by atoms with Gasteiger partial charge >= 0.3 is 0 Å². The molecule has 2 heterocycles. The quantitative estimate of drug-likeness (QED) is 0.789. The predicted octanol–water partition coefficient (Wildman–Crippen LogP) is 0.513. The number of rotatable bonds is 2. The summed E-state index contributed by atoms with van der Waals surface area (Å²) in [6.45, 7) is 0. The standard InChI is InChI=1S/C12H11N5O/c13-12(5-8-1-3-9(18)4-2-8)10-11(15-6-14-10)16-7-17-12/h1-4,6-7,18H,5,13H2. The zero-order valence-electron chi connectivity index (χ0n) is 9.48. The van der Waals surface area contributed by atoms with Crippen molar-refractivity contribution in [1.29, 1.82) is 0 Å². The Morgan fingerprint density at radius 1 is 1.11 bits per heavy atom. The maximum absolute atomic E-state index is 9.25. The molecule has 0 saturated heterocycles. The van der Waals surface area contributed by atoms with Gasteiger partial charge in [0.05, 0.1) is 0 Å². The van der Waals surface area contributed by atoms with E-state index in [1.54, 1.807) is 24.3 Å². The Kier molecular flexibility index (Phi) is 2.31. The largest absolute Gasteiger partial charge is 0.508 e. The van der Waals surface area contributed by atoms with Crippen molar-refractivity contribution in [2.75, 3.05) is 0 Å². The molecule has 18 heavy (non-hydrogen) atoms. The van der Waals surface area contributed by atoms with Crippen molar-refractivity contribution < 1.29 is 5.11 Å². The van der Waals surface area contributed by atoms with Crippen molar-refractivity contribution in [3.8, 4) is 5.75 Å². The van der Waals surface area contributed by atoms with Crippen LogP contribution in [-0.4, -0.2) is 35.0 Å².